The second-order valence-electron chi connectivity index (χ2n) is 8.29. The lowest BCUT2D eigenvalue weighted by Gasteiger charge is -2.28. The van der Waals surface area contributed by atoms with E-state index in [-0.39, 0.29) is 18.6 Å². The first-order valence-corrected chi connectivity index (χ1v) is 11.1. The van der Waals surface area contributed by atoms with Crippen LogP contribution in [0.5, 0.6) is 5.75 Å². The number of carbonyl (C=O) groups excluding carboxylic acids is 1. The molecule has 0 radical (unpaired) electrons. The van der Waals surface area contributed by atoms with Gasteiger partial charge < -0.3 is 14.6 Å². The first-order valence-electron chi connectivity index (χ1n) is 11.1. The van der Waals surface area contributed by atoms with Crippen LogP contribution >= 0.6 is 0 Å². The van der Waals surface area contributed by atoms with Gasteiger partial charge in [0.05, 0.1) is 23.4 Å². The molecule has 2 aromatic heterocycles. The second kappa shape index (κ2) is 10.5. The molecule has 0 aliphatic heterocycles. The smallest absolute Gasteiger partial charge is 0.414 e. The fourth-order valence-corrected chi connectivity index (χ4v) is 3.76. The van der Waals surface area contributed by atoms with Crippen molar-refractivity contribution < 1.29 is 24.2 Å². The summed E-state index contributed by atoms with van der Waals surface area (Å²) in [6, 6.07) is 3.63. The molecule has 10 heteroatoms. The maximum atomic E-state index is 12.2. The quantitative estimate of drug-likeness (QED) is 0.639. The van der Waals surface area contributed by atoms with Crippen LogP contribution in [0.3, 0.4) is 0 Å². The molecule has 2 aromatic rings. The van der Waals surface area contributed by atoms with E-state index in [1.807, 2.05) is 13.0 Å². The second-order valence-corrected chi connectivity index (χ2v) is 8.29. The Kier molecular flexibility index (Phi) is 7.67. The van der Waals surface area contributed by atoms with Gasteiger partial charge in [0, 0.05) is 19.8 Å². The number of allylic oxidation sites excluding steroid dienone is 1. The molecule has 178 valence electrons. The lowest BCUT2D eigenvalue weighted by atomic mass is 9.87. The third-order valence-corrected chi connectivity index (χ3v) is 5.90. The molecule has 10 nitrogen and oxygen atoms in total. The number of carboxylic acids is 1. The van der Waals surface area contributed by atoms with Crippen molar-refractivity contribution in [2.45, 2.75) is 58.7 Å². The van der Waals surface area contributed by atoms with Gasteiger partial charge in [-0.05, 0) is 51.2 Å². The van der Waals surface area contributed by atoms with E-state index in [9.17, 15) is 14.7 Å². The predicted octanol–water partition coefficient (Wildman–Crippen LogP) is 3.56. The summed E-state index contributed by atoms with van der Waals surface area (Å²) in [5, 5.41) is 17.6. The highest BCUT2D eigenvalue weighted by atomic mass is 16.6. The summed E-state index contributed by atoms with van der Waals surface area (Å²) in [7, 11) is 3.31. The average molecular weight is 458 g/mol. The summed E-state index contributed by atoms with van der Waals surface area (Å²) < 4.78 is 13.1. The van der Waals surface area contributed by atoms with E-state index in [4.69, 9.17) is 14.5 Å². The summed E-state index contributed by atoms with van der Waals surface area (Å²) in [5.74, 6) is -0.482. The summed E-state index contributed by atoms with van der Waals surface area (Å²) in [5.41, 5.74) is 3.05. The highest BCUT2D eigenvalue weighted by molar-refractivity contribution is 5.70. The van der Waals surface area contributed by atoms with Crippen molar-refractivity contribution >= 4 is 12.1 Å². The molecule has 2 heterocycles. The Labute approximate surface area is 193 Å². The summed E-state index contributed by atoms with van der Waals surface area (Å²) >= 11 is 0. The lowest BCUT2D eigenvalue weighted by Crippen LogP contribution is -2.29. The fraction of sp³-hybridized carbons (Fsp3) is 0.522. The number of aliphatic carboxylic acids is 1. The van der Waals surface area contributed by atoms with Crippen LogP contribution in [0.15, 0.2) is 24.4 Å². The zero-order valence-electron chi connectivity index (χ0n) is 19.6. The molecule has 1 aliphatic rings. The van der Waals surface area contributed by atoms with Crippen molar-refractivity contribution in [1.82, 2.24) is 24.9 Å². The Morgan fingerprint density at radius 1 is 1.33 bits per heavy atom. The summed E-state index contributed by atoms with van der Waals surface area (Å²) in [6.45, 7) is 7.41. The van der Waals surface area contributed by atoms with Gasteiger partial charge in [-0.2, -0.15) is 0 Å². The normalized spacial score (nSPS) is 17.9. The third-order valence-electron chi connectivity index (χ3n) is 5.90. The van der Waals surface area contributed by atoms with Gasteiger partial charge in [0.15, 0.2) is 0 Å². The number of hydrogen-bond acceptors (Lipinski definition) is 7. The van der Waals surface area contributed by atoms with Crippen molar-refractivity contribution in [3.63, 3.8) is 0 Å². The SMILES string of the molecule is C=C(C)N(C)C(=O)OCc1c(-c2ccc(O[C@H]3CCC[C@H](C(=O)O)C3)c(CC)n2)nnn1C. The van der Waals surface area contributed by atoms with E-state index in [0.29, 0.717) is 47.8 Å². The number of amides is 1. The van der Waals surface area contributed by atoms with E-state index in [1.54, 1.807) is 31.8 Å². The first-order chi connectivity index (χ1) is 15.7. The molecule has 0 spiro atoms. The highest BCUT2D eigenvalue weighted by Crippen LogP contribution is 2.31. The minimum absolute atomic E-state index is 0.0185. The van der Waals surface area contributed by atoms with Crippen molar-refractivity contribution in [2.75, 3.05) is 7.05 Å². The average Bonchev–Trinajstić information content (AvgIpc) is 3.17. The molecular weight excluding hydrogens is 426 g/mol. The molecule has 0 aromatic carbocycles. The van der Waals surface area contributed by atoms with E-state index in [2.05, 4.69) is 16.9 Å². The van der Waals surface area contributed by atoms with Crippen molar-refractivity contribution in [3.8, 4) is 17.1 Å². The monoisotopic (exact) mass is 457 g/mol. The van der Waals surface area contributed by atoms with Crippen molar-refractivity contribution in [3.05, 3.63) is 35.8 Å². The number of hydrogen-bond donors (Lipinski definition) is 1. The van der Waals surface area contributed by atoms with Gasteiger partial charge in [-0.25, -0.2) is 14.5 Å². The molecule has 0 unspecified atom stereocenters. The van der Waals surface area contributed by atoms with Crippen LogP contribution in [0.1, 0.15) is 50.9 Å². The molecule has 1 aliphatic carbocycles. The van der Waals surface area contributed by atoms with E-state index in [1.165, 1.54) is 4.90 Å². The van der Waals surface area contributed by atoms with Crippen LogP contribution in [0.4, 0.5) is 4.79 Å². The minimum atomic E-state index is -0.766. The molecular formula is C23H31N5O5. The minimum Gasteiger partial charge on any atom is -0.488 e. The molecule has 0 bridgehead atoms. The zero-order chi connectivity index (χ0) is 24.1. The van der Waals surface area contributed by atoms with E-state index < -0.39 is 12.1 Å². The number of carbonyl (C=O) groups is 2. The molecule has 3 rings (SSSR count). The van der Waals surface area contributed by atoms with Gasteiger partial charge in [0.2, 0.25) is 0 Å². The first kappa shape index (κ1) is 24.2. The predicted molar refractivity (Wildman–Crippen MR) is 120 cm³/mol. The van der Waals surface area contributed by atoms with Crippen LogP contribution in [0, 0.1) is 5.92 Å². The van der Waals surface area contributed by atoms with Gasteiger partial charge in [-0.1, -0.05) is 18.7 Å². The van der Waals surface area contributed by atoms with Crippen LogP contribution in [-0.4, -0.2) is 55.2 Å². The zero-order valence-corrected chi connectivity index (χ0v) is 19.6. The third kappa shape index (κ3) is 5.68. The Morgan fingerprint density at radius 2 is 2.09 bits per heavy atom. The topological polar surface area (TPSA) is 120 Å². The molecule has 2 atom stereocenters. The van der Waals surface area contributed by atoms with Gasteiger partial charge in [0.1, 0.15) is 23.7 Å². The van der Waals surface area contributed by atoms with E-state index in [0.717, 1.165) is 18.5 Å². The van der Waals surface area contributed by atoms with Crippen LogP contribution in [-0.2, 0) is 29.6 Å². The van der Waals surface area contributed by atoms with Gasteiger partial charge in [0.25, 0.3) is 0 Å². The summed E-state index contributed by atoms with van der Waals surface area (Å²) in [4.78, 5) is 29.6. The maximum absolute atomic E-state index is 12.2. The molecule has 0 saturated heterocycles. The lowest BCUT2D eigenvalue weighted by molar-refractivity contribution is -0.143. The molecule has 33 heavy (non-hydrogen) atoms. The number of pyridine rings is 1. The van der Waals surface area contributed by atoms with Crippen molar-refractivity contribution in [2.24, 2.45) is 13.0 Å². The number of nitrogens with zero attached hydrogens (tertiary/aromatic N) is 5. The van der Waals surface area contributed by atoms with Gasteiger partial charge >= 0.3 is 12.1 Å². The summed E-state index contributed by atoms with van der Waals surface area (Å²) in [6.07, 6.45) is 2.81. The number of aryl methyl sites for hydroxylation is 2. The maximum Gasteiger partial charge on any atom is 0.414 e. The molecule has 1 saturated carbocycles. The molecule has 1 amide bonds. The van der Waals surface area contributed by atoms with Gasteiger partial charge in [-0.15, -0.1) is 5.10 Å². The standard InChI is InChI=1S/C23H31N5O5/c1-6-17-20(33-16-9-7-8-15(12-16)22(29)30)11-10-18(24-17)21-19(28(5)26-25-21)13-32-23(31)27(4)14(2)3/h10-11,15-16H,2,6-9,12-13H2,1,3-5H3,(H,29,30)/t15-,16-/m0/s1. The molecule has 1 fully saturated rings. The Balaban J connectivity index is 1.77. The number of aromatic nitrogens is 4. The van der Waals surface area contributed by atoms with Gasteiger partial charge in [-0.3, -0.25) is 9.69 Å². The highest BCUT2D eigenvalue weighted by Gasteiger charge is 2.29. The van der Waals surface area contributed by atoms with E-state index >= 15 is 0 Å². The number of ether oxygens (including phenoxy) is 2. The Hall–Kier alpha value is -3.43. The number of carboxylic acid groups (broad SMARTS) is 1. The fourth-order valence-electron chi connectivity index (χ4n) is 3.76. The largest absolute Gasteiger partial charge is 0.488 e. The Morgan fingerprint density at radius 3 is 2.76 bits per heavy atom. The molecule has 1 N–H and O–H groups in total. The number of rotatable bonds is 8. The van der Waals surface area contributed by atoms with Crippen molar-refractivity contribution in [1.29, 1.82) is 0 Å². The Bertz CT molecular complexity index is 1030. The van der Waals surface area contributed by atoms with Crippen LogP contribution in [0.25, 0.3) is 11.4 Å². The van der Waals surface area contributed by atoms with Crippen LogP contribution < -0.4 is 4.74 Å². The van der Waals surface area contributed by atoms with Crippen LogP contribution in [0.2, 0.25) is 0 Å².